The second kappa shape index (κ2) is 8.72. The number of hydrogen-bond donors (Lipinski definition) is 0. The van der Waals surface area contributed by atoms with Crippen LogP contribution in [0.5, 0.6) is 0 Å². The Morgan fingerprint density at radius 2 is 1.08 bits per heavy atom. The number of esters is 1. The smallest absolute Gasteiger partial charge is 0.302 e. The summed E-state index contributed by atoms with van der Waals surface area (Å²) in [6.07, 6.45) is 18.4. The third-order valence-corrected chi connectivity index (χ3v) is 7.67. The van der Waals surface area contributed by atoms with E-state index in [0.29, 0.717) is 0 Å². The van der Waals surface area contributed by atoms with E-state index in [1.807, 2.05) is 0 Å². The SMILES string of the molecule is CC[C@H]1CC[C@H]([C@H]2CC[C@H]([C@H]3CC[C@H](OC(C)=O)CC3)CC2)CC1. The van der Waals surface area contributed by atoms with Gasteiger partial charge in [0.15, 0.2) is 0 Å². The van der Waals surface area contributed by atoms with Crippen molar-refractivity contribution in [3.05, 3.63) is 0 Å². The predicted octanol–water partition coefficient (Wildman–Crippen LogP) is 6.13. The summed E-state index contributed by atoms with van der Waals surface area (Å²) in [5.41, 5.74) is 0. The Bertz CT molecular complexity index is 381. The molecule has 2 nitrogen and oxygen atoms in total. The zero-order valence-electron chi connectivity index (χ0n) is 16.0. The summed E-state index contributed by atoms with van der Waals surface area (Å²) >= 11 is 0. The number of rotatable bonds is 4. The lowest BCUT2D eigenvalue weighted by Gasteiger charge is -2.41. The largest absolute Gasteiger partial charge is 0.463 e. The predicted molar refractivity (Wildman–Crippen MR) is 98.7 cm³/mol. The van der Waals surface area contributed by atoms with Gasteiger partial charge in [0.2, 0.25) is 0 Å². The Balaban J connectivity index is 1.37. The van der Waals surface area contributed by atoms with E-state index in [1.54, 1.807) is 6.92 Å². The van der Waals surface area contributed by atoms with Crippen molar-refractivity contribution in [1.29, 1.82) is 0 Å². The van der Waals surface area contributed by atoms with Crippen LogP contribution < -0.4 is 0 Å². The van der Waals surface area contributed by atoms with Crippen molar-refractivity contribution in [2.75, 3.05) is 0 Å². The van der Waals surface area contributed by atoms with Gasteiger partial charge in [0.05, 0.1) is 0 Å². The zero-order chi connectivity index (χ0) is 16.9. The van der Waals surface area contributed by atoms with Crippen molar-refractivity contribution in [2.45, 2.75) is 103 Å². The van der Waals surface area contributed by atoms with Gasteiger partial charge in [-0.25, -0.2) is 0 Å². The summed E-state index contributed by atoms with van der Waals surface area (Å²) < 4.78 is 5.40. The molecule has 3 aliphatic rings. The van der Waals surface area contributed by atoms with Crippen molar-refractivity contribution in [2.24, 2.45) is 29.6 Å². The first-order valence-electron chi connectivity index (χ1n) is 10.8. The van der Waals surface area contributed by atoms with Crippen LogP contribution in [-0.2, 0) is 9.53 Å². The Kier molecular flexibility index (Phi) is 6.63. The van der Waals surface area contributed by atoms with Gasteiger partial charge in [-0.2, -0.15) is 0 Å². The topological polar surface area (TPSA) is 26.3 Å². The Morgan fingerprint density at radius 3 is 1.46 bits per heavy atom. The second-order valence-electron chi connectivity index (χ2n) is 9.01. The Hall–Kier alpha value is -0.530. The lowest BCUT2D eigenvalue weighted by atomic mass is 9.65. The maximum Gasteiger partial charge on any atom is 0.302 e. The molecule has 0 aliphatic heterocycles. The molecule has 0 amide bonds. The molecule has 0 unspecified atom stereocenters. The van der Waals surface area contributed by atoms with Crippen LogP contribution in [-0.4, -0.2) is 12.1 Å². The monoisotopic (exact) mass is 334 g/mol. The molecule has 3 rings (SSSR count). The van der Waals surface area contributed by atoms with Crippen LogP contribution in [0.4, 0.5) is 0 Å². The summed E-state index contributed by atoms with van der Waals surface area (Å²) in [4.78, 5) is 11.1. The Labute approximate surface area is 149 Å². The molecule has 0 atom stereocenters. The molecule has 0 aromatic carbocycles. The second-order valence-corrected chi connectivity index (χ2v) is 9.01. The summed E-state index contributed by atoms with van der Waals surface area (Å²) in [5.74, 6) is 4.90. The molecule has 0 aromatic heterocycles. The minimum atomic E-state index is -0.100. The maximum absolute atomic E-state index is 11.1. The van der Waals surface area contributed by atoms with Crippen LogP contribution in [0.2, 0.25) is 0 Å². The van der Waals surface area contributed by atoms with E-state index >= 15 is 0 Å². The van der Waals surface area contributed by atoms with Gasteiger partial charge in [-0.1, -0.05) is 26.2 Å². The normalized spacial score (nSPS) is 40.9. The standard InChI is InChI=1S/C22H38O2/c1-3-17-4-6-18(7-5-17)19-8-10-20(11-9-19)21-12-14-22(15-13-21)24-16(2)23/h17-22H,3-15H2,1-2H3/t17-,18-,19-,20-,21-,22-. The first-order chi connectivity index (χ1) is 11.7. The first-order valence-corrected chi connectivity index (χ1v) is 10.8. The van der Waals surface area contributed by atoms with Crippen LogP contribution in [0.3, 0.4) is 0 Å². The Morgan fingerprint density at radius 1 is 0.708 bits per heavy atom. The minimum Gasteiger partial charge on any atom is -0.463 e. The van der Waals surface area contributed by atoms with Crippen molar-refractivity contribution >= 4 is 5.97 Å². The van der Waals surface area contributed by atoms with E-state index in [0.717, 1.165) is 42.4 Å². The molecule has 0 heterocycles. The van der Waals surface area contributed by atoms with Crippen LogP contribution in [0, 0.1) is 29.6 Å². The summed E-state index contributed by atoms with van der Waals surface area (Å²) in [7, 11) is 0. The molecule has 0 radical (unpaired) electrons. The summed E-state index contributed by atoms with van der Waals surface area (Å²) in [6, 6.07) is 0. The van der Waals surface area contributed by atoms with Gasteiger partial charge in [-0.3, -0.25) is 4.79 Å². The van der Waals surface area contributed by atoms with Gasteiger partial charge in [-0.05, 0) is 93.8 Å². The summed E-state index contributed by atoms with van der Waals surface area (Å²) in [5, 5.41) is 0. The minimum absolute atomic E-state index is 0.100. The van der Waals surface area contributed by atoms with Crippen LogP contribution in [0.25, 0.3) is 0 Å². The molecule has 0 saturated heterocycles. The molecular formula is C22H38O2. The lowest BCUT2D eigenvalue weighted by molar-refractivity contribution is -0.148. The van der Waals surface area contributed by atoms with Gasteiger partial charge >= 0.3 is 5.97 Å². The quantitative estimate of drug-likeness (QED) is 0.578. The molecule has 3 saturated carbocycles. The van der Waals surface area contributed by atoms with Crippen molar-refractivity contribution in [1.82, 2.24) is 0 Å². The molecular weight excluding hydrogens is 296 g/mol. The highest BCUT2D eigenvalue weighted by Gasteiger charge is 2.34. The van der Waals surface area contributed by atoms with Gasteiger partial charge in [0.1, 0.15) is 6.10 Å². The highest BCUT2D eigenvalue weighted by molar-refractivity contribution is 5.66. The van der Waals surface area contributed by atoms with Crippen LogP contribution in [0.15, 0.2) is 0 Å². The van der Waals surface area contributed by atoms with Gasteiger partial charge in [0, 0.05) is 6.92 Å². The highest BCUT2D eigenvalue weighted by Crippen LogP contribution is 2.45. The van der Waals surface area contributed by atoms with Crippen molar-refractivity contribution in [3.8, 4) is 0 Å². The highest BCUT2D eigenvalue weighted by atomic mass is 16.5. The van der Waals surface area contributed by atoms with E-state index < -0.39 is 0 Å². The fraction of sp³-hybridized carbons (Fsp3) is 0.955. The lowest BCUT2D eigenvalue weighted by Crippen LogP contribution is -2.31. The molecule has 0 aromatic rings. The van der Waals surface area contributed by atoms with E-state index in [1.165, 1.54) is 70.6 Å². The molecule has 3 aliphatic carbocycles. The number of carbonyl (C=O) groups is 1. The molecule has 0 bridgehead atoms. The van der Waals surface area contributed by atoms with E-state index in [2.05, 4.69) is 6.92 Å². The van der Waals surface area contributed by atoms with Crippen molar-refractivity contribution < 1.29 is 9.53 Å². The molecule has 3 fully saturated rings. The molecule has 138 valence electrons. The average Bonchev–Trinajstić information content (AvgIpc) is 2.62. The number of hydrogen-bond acceptors (Lipinski definition) is 2. The van der Waals surface area contributed by atoms with Crippen LogP contribution >= 0.6 is 0 Å². The third kappa shape index (κ3) is 4.76. The fourth-order valence-electron chi connectivity index (χ4n) is 6.07. The van der Waals surface area contributed by atoms with E-state index in [-0.39, 0.29) is 12.1 Å². The van der Waals surface area contributed by atoms with E-state index in [9.17, 15) is 4.79 Å². The molecule has 2 heteroatoms. The average molecular weight is 335 g/mol. The first kappa shape index (κ1) is 18.3. The summed E-state index contributed by atoms with van der Waals surface area (Å²) in [6.45, 7) is 3.91. The van der Waals surface area contributed by atoms with Gasteiger partial charge in [0.25, 0.3) is 0 Å². The third-order valence-electron chi connectivity index (χ3n) is 7.67. The van der Waals surface area contributed by atoms with Crippen molar-refractivity contribution in [3.63, 3.8) is 0 Å². The fourth-order valence-corrected chi connectivity index (χ4v) is 6.07. The van der Waals surface area contributed by atoms with E-state index in [4.69, 9.17) is 4.74 Å². The van der Waals surface area contributed by atoms with Crippen LogP contribution in [0.1, 0.15) is 97.3 Å². The zero-order valence-corrected chi connectivity index (χ0v) is 16.0. The molecule has 0 N–H and O–H groups in total. The molecule has 24 heavy (non-hydrogen) atoms. The maximum atomic E-state index is 11.1. The number of carbonyl (C=O) groups excluding carboxylic acids is 1. The van der Waals surface area contributed by atoms with Gasteiger partial charge in [-0.15, -0.1) is 0 Å². The molecule has 0 spiro atoms. The number of ether oxygens (including phenoxy) is 1. The van der Waals surface area contributed by atoms with Gasteiger partial charge < -0.3 is 4.74 Å².